The summed E-state index contributed by atoms with van der Waals surface area (Å²) in [6.45, 7) is -3.00. The maximum atomic E-state index is 12.6. The molecule has 0 unspecified atom stereocenters. The van der Waals surface area contributed by atoms with Gasteiger partial charge in [0, 0.05) is 17.3 Å². The average molecular weight is 317 g/mol. The van der Waals surface area contributed by atoms with Crippen LogP contribution in [0.1, 0.15) is 17.0 Å². The number of anilines is 1. The normalized spacial score (nSPS) is 10.7. The molecule has 1 aromatic heterocycles. The summed E-state index contributed by atoms with van der Waals surface area (Å²) in [5.74, 6) is -0.946. The summed E-state index contributed by atoms with van der Waals surface area (Å²) in [6.07, 6.45) is 1.03. The Kier molecular flexibility index (Phi) is 4.13. The van der Waals surface area contributed by atoms with Crippen molar-refractivity contribution >= 4 is 28.9 Å². The fourth-order valence-electron chi connectivity index (χ4n) is 1.60. The van der Waals surface area contributed by atoms with Gasteiger partial charge in [-0.25, -0.2) is 0 Å². The molecular formula is C11H7ClF2N4O3. The second-order valence-electron chi connectivity index (χ2n) is 3.81. The van der Waals surface area contributed by atoms with Crippen molar-refractivity contribution < 1.29 is 18.5 Å². The molecule has 0 bridgehead atoms. The molecule has 7 nitrogen and oxygen atoms in total. The number of hydrogen-bond acceptors (Lipinski definition) is 4. The highest BCUT2D eigenvalue weighted by Gasteiger charge is 2.21. The molecule has 10 heteroatoms. The number of alkyl halides is 2. The number of carbonyl (C=O) groups is 1. The monoisotopic (exact) mass is 316 g/mol. The van der Waals surface area contributed by atoms with E-state index < -0.39 is 28.8 Å². The van der Waals surface area contributed by atoms with Crippen LogP contribution in [0.2, 0.25) is 5.02 Å². The first-order valence-corrected chi connectivity index (χ1v) is 5.85. The number of carbonyl (C=O) groups excluding carboxylic acids is 1. The van der Waals surface area contributed by atoms with Gasteiger partial charge in [0.15, 0.2) is 0 Å². The zero-order valence-electron chi connectivity index (χ0n) is 10.2. The first kappa shape index (κ1) is 14.9. The first-order valence-electron chi connectivity index (χ1n) is 5.47. The lowest BCUT2D eigenvalue weighted by Crippen LogP contribution is -2.18. The molecule has 2 rings (SSSR count). The van der Waals surface area contributed by atoms with Gasteiger partial charge in [0.25, 0.3) is 11.6 Å². The maximum absolute atomic E-state index is 12.6. The Morgan fingerprint density at radius 3 is 2.76 bits per heavy atom. The Hall–Kier alpha value is -2.55. The summed E-state index contributed by atoms with van der Waals surface area (Å²) in [4.78, 5) is 22.0. The number of nitro benzene ring substituents is 1. The number of nitrogens with zero attached hydrogens (tertiary/aromatic N) is 3. The van der Waals surface area contributed by atoms with E-state index in [-0.39, 0.29) is 15.4 Å². The van der Waals surface area contributed by atoms with Crippen LogP contribution in [-0.2, 0) is 0 Å². The van der Waals surface area contributed by atoms with Crippen LogP contribution in [0.3, 0.4) is 0 Å². The molecule has 21 heavy (non-hydrogen) atoms. The second kappa shape index (κ2) is 5.83. The lowest BCUT2D eigenvalue weighted by Gasteiger charge is -2.08. The third-order valence-corrected chi connectivity index (χ3v) is 2.73. The summed E-state index contributed by atoms with van der Waals surface area (Å²) >= 11 is 5.63. The van der Waals surface area contributed by atoms with E-state index in [0.29, 0.717) is 0 Å². The van der Waals surface area contributed by atoms with Gasteiger partial charge in [0.2, 0.25) is 0 Å². The van der Waals surface area contributed by atoms with E-state index in [1.165, 1.54) is 12.1 Å². The summed E-state index contributed by atoms with van der Waals surface area (Å²) in [5.41, 5.74) is -1.02. The minimum Gasteiger partial charge on any atom is -0.315 e. The Morgan fingerprint density at radius 2 is 2.14 bits per heavy atom. The van der Waals surface area contributed by atoms with Crippen LogP contribution in [0.25, 0.3) is 0 Å². The lowest BCUT2D eigenvalue weighted by atomic mass is 10.2. The molecule has 1 heterocycles. The summed E-state index contributed by atoms with van der Waals surface area (Å²) in [6, 6.07) is 4.65. The predicted octanol–water partition coefficient (Wildman–Crippen LogP) is 3.09. The van der Waals surface area contributed by atoms with Crippen molar-refractivity contribution in [1.82, 2.24) is 9.78 Å². The number of nitro groups is 1. The number of rotatable bonds is 4. The molecule has 0 aliphatic carbocycles. The van der Waals surface area contributed by atoms with Crippen LogP contribution in [-0.4, -0.2) is 20.6 Å². The Morgan fingerprint density at radius 1 is 1.43 bits per heavy atom. The quantitative estimate of drug-likeness (QED) is 0.693. The molecule has 0 radical (unpaired) electrons. The highest BCUT2D eigenvalue weighted by atomic mass is 35.5. The molecule has 0 atom stereocenters. The third kappa shape index (κ3) is 3.14. The average Bonchev–Trinajstić information content (AvgIpc) is 2.90. The van der Waals surface area contributed by atoms with Gasteiger partial charge in [-0.1, -0.05) is 11.6 Å². The van der Waals surface area contributed by atoms with Crippen molar-refractivity contribution in [1.29, 1.82) is 0 Å². The molecule has 110 valence electrons. The fourth-order valence-corrected chi connectivity index (χ4v) is 1.76. The maximum Gasteiger partial charge on any atom is 0.333 e. The largest absolute Gasteiger partial charge is 0.333 e. The smallest absolute Gasteiger partial charge is 0.315 e. The minimum atomic E-state index is -3.00. The minimum absolute atomic E-state index is 0.109. The van der Waals surface area contributed by atoms with Crippen LogP contribution in [0, 0.1) is 10.1 Å². The molecule has 0 saturated heterocycles. The van der Waals surface area contributed by atoms with Gasteiger partial charge in [0.1, 0.15) is 11.4 Å². The zero-order valence-corrected chi connectivity index (χ0v) is 10.9. The van der Waals surface area contributed by atoms with E-state index in [1.54, 1.807) is 0 Å². The van der Waals surface area contributed by atoms with Crippen molar-refractivity contribution in [3.05, 3.63) is 51.3 Å². The van der Waals surface area contributed by atoms with Gasteiger partial charge in [0.05, 0.1) is 4.92 Å². The van der Waals surface area contributed by atoms with Crippen molar-refractivity contribution in [3.63, 3.8) is 0 Å². The molecule has 0 saturated carbocycles. The predicted molar refractivity (Wildman–Crippen MR) is 69.5 cm³/mol. The van der Waals surface area contributed by atoms with E-state index >= 15 is 0 Å². The molecule has 0 fully saturated rings. The van der Waals surface area contributed by atoms with Gasteiger partial charge in [-0.2, -0.15) is 18.6 Å². The van der Waals surface area contributed by atoms with Crippen molar-refractivity contribution in [2.75, 3.05) is 5.32 Å². The summed E-state index contributed by atoms with van der Waals surface area (Å²) < 4.78 is 25.4. The number of nitrogens with one attached hydrogen (secondary N) is 1. The molecule has 1 aromatic carbocycles. The fraction of sp³-hybridized carbons (Fsp3) is 0.0909. The van der Waals surface area contributed by atoms with Gasteiger partial charge < -0.3 is 5.32 Å². The van der Waals surface area contributed by atoms with Crippen LogP contribution in [0.4, 0.5) is 20.2 Å². The van der Waals surface area contributed by atoms with E-state index in [2.05, 4.69) is 10.4 Å². The lowest BCUT2D eigenvalue weighted by molar-refractivity contribution is -0.383. The molecule has 0 aliphatic heterocycles. The van der Waals surface area contributed by atoms with E-state index in [1.807, 2.05) is 0 Å². The molecule has 0 spiro atoms. The summed E-state index contributed by atoms with van der Waals surface area (Å²) in [7, 11) is 0. The van der Waals surface area contributed by atoms with E-state index in [0.717, 1.165) is 18.3 Å². The Labute approximate surface area is 121 Å². The van der Waals surface area contributed by atoms with Crippen molar-refractivity contribution in [2.45, 2.75) is 6.55 Å². The summed E-state index contributed by atoms with van der Waals surface area (Å²) in [5, 5.41) is 16.5. The highest BCUT2D eigenvalue weighted by molar-refractivity contribution is 6.31. The van der Waals surface area contributed by atoms with E-state index in [4.69, 9.17) is 11.6 Å². The van der Waals surface area contributed by atoms with Crippen LogP contribution in [0.5, 0.6) is 0 Å². The molecule has 0 aliphatic rings. The number of benzene rings is 1. The number of hydrogen-bond donors (Lipinski definition) is 1. The van der Waals surface area contributed by atoms with Gasteiger partial charge in [-0.15, -0.1) is 0 Å². The number of halogens is 3. The molecular weight excluding hydrogens is 310 g/mol. The first-order chi connectivity index (χ1) is 9.90. The van der Waals surface area contributed by atoms with E-state index in [9.17, 15) is 23.7 Å². The Balaban J connectivity index is 2.32. The second-order valence-corrected chi connectivity index (χ2v) is 4.25. The van der Waals surface area contributed by atoms with Crippen molar-refractivity contribution in [3.8, 4) is 0 Å². The SMILES string of the molecule is O=C(Nc1ccc(Cl)cc1[N+](=O)[O-])c1ccnn1C(F)F. The topological polar surface area (TPSA) is 90.1 Å². The molecule has 2 aromatic rings. The van der Waals surface area contributed by atoms with Crippen LogP contribution < -0.4 is 5.32 Å². The third-order valence-electron chi connectivity index (χ3n) is 2.49. The molecule has 1 amide bonds. The zero-order chi connectivity index (χ0) is 15.6. The van der Waals surface area contributed by atoms with Gasteiger partial charge >= 0.3 is 6.55 Å². The van der Waals surface area contributed by atoms with Gasteiger partial charge in [-0.05, 0) is 18.2 Å². The standard InChI is InChI=1S/C11H7ClF2N4O3/c12-6-1-2-7(9(5-6)18(20)21)16-10(19)8-3-4-15-17(8)11(13)14/h1-5,11H,(H,16,19). The highest BCUT2D eigenvalue weighted by Crippen LogP contribution is 2.28. The number of aromatic nitrogens is 2. The molecule has 1 N–H and O–H groups in total. The Bertz CT molecular complexity index is 705. The van der Waals surface area contributed by atoms with Crippen LogP contribution in [0.15, 0.2) is 30.5 Å². The van der Waals surface area contributed by atoms with Crippen molar-refractivity contribution in [2.24, 2.45) is 0 Å². The van der Waals surface area contributed by atoms with Gasteiger partial charge in [-0.3, -0.25) is 14.9 Å². The van der Waals surface area contributed by atoms with Crippen LogP contribution >= 0.6 is 11.6 Å². The number of amides is 1.